The highest BCUT2D eigenvalue weighted by molar-refractivity contribution is 5.66. The maximum atomic E-state index is 10.6. The summed E-state index contributed by atoms with van der Waals surface area (Å²) in [6.45, 7) is 5.68. The van der Waals surface area contributed by atoms with Gasteiger partial charge in [-0.15, -0.1) is 0 Å². The van der Waals surface area contributed by atoms with Crippen molar-refractivity contribution in [3.63, 3.8) is 0 Å². The number of rotatable bonds is 5. The Hall–Kier alpha value is -0.530. The summed E-state index contributed by atoms with van der Waals surface area (Å²) in [5, 5.41) is 0. The molecule has 0 radical (unpaired) electrons. The van der Waals surface area contributed by atoms with E-state index in [1.54, 1.807) is 0 Å². The van der Waals surface area contributed by atoms with Crippen LogP contribution in [0.25, 0.3) is 0 Å². The first kappa shape index (κ1) is 10.5. The Balaban J connectivity index is 3.59. The maximum Gasteiger partial charge on any atom is 0.302 e. The van der Waals surface area contributed by atoms with Gasteiger partial charge in [-0.25, -0.2) is 0 Å². The molecule has 0 aromatic heterocycles. The molecular formula is C9H18O2. The third kappa shape index (κ3) is 5.89. The molecule has 0 bridgehead atoms. The van der Waals surface area contributed by atoms with Gasteiger partial charge in [-0.1, -0.05) is 26.7 Å². The van der Waals surface area contributed by atoms with E-state index in [0.29, 0.717) is 0 Å². The maximum absolute atomic E-state index is 10.6. The van der Waals surface area contributed by atoms with E-state index in [9.17, 15) is 4.79 Å². The second-order valence-corrected chi connectivity index (χ2v) is 2.81. The van der Waals surface area contributed by atoms with E-state index in [2.05, 4.69) is 13.8 Å². The molecule has 2 heteroatoms. The van der Waals surface area contributed by atoms with E-state index in [4.69, 9.17) is 4.74 Å². The first-order chi connectivity index (χ1) is 5.20. The van der Waals surface area contributed by atoms with Crippen LogP contribution in [0.4, 0.5) is 0 Å². The van der Waals surface area contributed by atoms with Crippen molar-refractivity contribution >= 4 is 5.97 Å². The van der Waals surface area contributed by atoms with Gasteiger partial charge in [-0.2, -0.15) is 0 Å². The first-order valence-electron chi connectivity index (χ1n) is 4.37. The zero-order chi connectivity index (χ0) is 8.69. The van der Waals surface area contributed by atoms with Crippen LogP contribution in [0, 0.1) is 0 Å². The van der Waals surface area contributed by atoms with Gasteiger partial charge in [0.05, 0.1) is 0 Å². The number of hydrogen-bond donors (Lipinski definition) is 0. The molecule has 1 atom stereocenters. The Morgan fingerprint density at radius 3 is 2.00 bits per heavy atom. The van der Waals surface area contributed by atoms with Crippen LogP contribution in [-0.2, 0) is 9.53 Å². The minimum absolute atomic E-state index is 0.155. The first-order valence-corrected chi connectivity index (χ1v) is 4.37. The van der Waals surface area contributed by atoms with Crippen molar-refractivity contribution in [2.75, 3.05) is 0 Å². The smallest absolute Gasteiger partial charge is 0.302 e. The fraction of sp³-hybridized carbons (Fsp3) is 0.889. The highest BCUT2D eigenvalue weighted by Crippen LogP contribution is 2.08. The van der Waals surface area contributed by atoms with Gasteiger partial charge in [0.15, 0.2) is 0 Å². The molecule has 0 aliphatic rings. The van der Waals surface area contributed by atoms with Crippen LogP contribution in [0.15, 0.2) is 0 Å². The van der Waals surface area contributed by atoms with E-state index >= 15 is 0 Å². The molecule has 0 aliphatic carbocycles. The molecule has 0 fully saturated rings. The highest BCUT2D eigenvalue weighted by Gasteiger charge is 2.08. The van der Waals surface area contributed by atoms with Crippen LogP contribution in [-0.4, -0.2) is 12.1 Å². The quantitative estimate of drug-likeness (QED) is 0.455. The fourth-order valence-electron chi connectivity index (χ4n) is 1.14. The van der Waals surface area contributed by atoms with Crippen molar-refractivity contribution in [3.8, 4) is 0 Å². The number of carbonyl (C=O) groups excluding carboxylic acids is 1. The van der Waals surface area contributed by atoms with Crippen molar-refractivity contribution in [2.45, 2.75) is 52.6 Å². The molecule has 0 N–H and O–H groups in total. The Labute approximate surface area is 68.9 Å². The number of carbonyl (C=O) groups is 1. The minimum Gasteiger partial charge on any atom is -0.463 e. The summed E-state index contributed by atoms with van der Waals surface area (Å²) in [4.78, 5) is 10.6. The second kappa shape index (κ2) is 6.20. The molecular weight excluding hydrogens is 141 g/mol. The molecule has 0 spiro atoms. The zero-order valence-electron chi connectivity index (χ0n) is 7.72. The van der Waals surface area contributed by atoms with Crippen molar-refractivity contribution < 1.29 is 9.53 Å². The Morgan fingerprint density at radius 1 is 1.27 bits per heavy atom. The predicted octanol–water partition coefficient (Wildman–Crippen LogP) is 2.52. The summed E-state index contributed by atoms with van der Waals surface area (Å²) in [5.74, 6) is -0.156. The summed E-state index contributed by atoms with van der Waals surface area (Å²) in [6, 6.07) is 0. The van der Waals surface area contributed by atoms with Gasteiger partial charge >= 0.3 is 5.97 Å². The van der Waals surface area contributed by atoms with E-state index in [-0.39, 0.29) is 12.1 Å². The van der Waals surface area contributed by atoms with Gasteiger partial charge in [-0.3, -0.25) is 4.79 Å². The van der Waals surface area contributed by atoms with Gasteiger partial charge < -0.3 is 4.74 Å². The standard InChI is InChI=1S/C9H18O2/c1-4-6-9(7-5-2)11-8(3)10/h9H,4-7H2,1-3H3/i6+1. The molecule has 1 unspecified atom stereocenters. The van der Waals surface area contributed by atoms with Crippen LogP contribution in [0.2, 0.25) is 0 Å². The third-order valence-corrected chi connectivity index (χ3v) is 1.55. The molecule has 11 heavy (non-hydrogen) atoms. The van der Waals surface area contributed by atoms with Crippen LogP contribution in [0.5, 0.6) is 0 Å². The lowest BCUT2D eigenvalue weighted by atomic mass is 10.2. The van der Waals surface area contributed by atoms with Gasteiger partial charge in [0.2, 0.25) is 0 Å². The Bertz CT molecular complexity index is 104. The molecule has 2 nitrogen and oxygen atoms in total. The fourth-order valence-corrected chi connectivity index (χ4v) is 1.14. The third-order valence-electron chi connectivity index (χ3n) is 1.55. The number of hydrogen-bond acceptors (Lipinski definition) is 2. The molecule has 0 rings (SSSR count). The molecule has 0 aromatic carbocycles. The van der Waals surface area contributed by atoms with Crippen LogP contribution in [0.1, 0.15) is 46.5 Å². The highest BCUT2D eigenvalue weighted by atomic mass is 16.5. The largest absolute Gasteiger partial charge is 0.463 e. The normalized spacial score (nSPS) is 12.6. The lowest BCUT2D eigenvalue weighted by Gasteiger charge is -2.14. The molecule has 66 valence electrons. The SMILES string of the molecule is CCCC([13CH2]CC)OC(C)=O. The Morgan fingerprint density at radius 2 is 1.73 bits per heavy atom. The monoisotopic (exact) mass is 159 g/mol. The molecule has 0 saturated carbocycles. The van der Waals surface area contributed by atoms with Crippen molar-refractivity contribution in [3.05, 3.63) is 0 Å². The lowest BCUT2D eigenvalue weighted by molar-refractivity contribution is -0.146. The topological polar surface area (TPSA) is 26.3 Å². The predicted molar refractivity (Wildman–Crippen MR) is 45.4 cm³/mol. The average molecular weight is 159 g/mol. The molecule has 0 saturated heterocycles. The van der Waals surface area contributed by atoms with Crippen LogP contribution < -0.4 is 0 Å². The van der Waals surface area contributed by atoms with Gasteiger partial charge in [0.25, 0.3) is 0 Å². The number of ether oxygens (including phenoxy) is 1. The molecule has 0 aliphatic heterocycles. The average Bonchev–Trinajstić information content (AvgIpc) is 1.87. The molecule has 0 heterocycles. The Kier molecular flexibility index (Phi) is 5.90. The minimum atomic E-state index is -0.156. The van der Waals surface area contributed by atoms with Crippen molar-refractivity contribution in [2.24, 2.45) is 0 Å². The summed E-state index contributed by atoms with van der Waals surface area (Å²) in [6.07, 6.45) is 4.30. The van der Waals surface area contributed by atoms with E-state index in [1.807, 2.05) is 0 Å². The molecule has 0 aromatic rings. The summed E-state index contributed by atoms with van der Waals surface area (Å²) >= 11 is 0. The van der Waals surface area contributed by atoms with Crippen molar-refractivity contribution in [1.29, 1.82) is 0 Å². The van der Waals surface area contributed by atoms with E-state index in [1.165, 1.54) is 6.92 Å². The molecule has 0 amide bonds. The van der Waals surface area contributed by atoms with Crippen LogP contribution in [0.3, 0.4) is 0 Å². The summed E-state index contributed by atoms with van der Waals surface area (Å²) < 4.78 is 5.09. The lowest BCUT2D eigenvalue weighted by Crippen LogP contribution is -2.15. The van der Waals surface area contributed by atoms with Gasteiger partial charge in [0.1, 0.15) is 6.10 Å². The summed E-state index contributed by atoms with van der Waals surface area (Å²) in [5.41, 5.74) is 0. The van der Waals surface area contributed by atoms with E-state index in [0.717, 1.165) is 25.7 Å². The van der Waals surface area contributed by atoms with Gasteiger partial charge in [-0.05, 0) is 12.8 Å². The zero-order valence-corrected chi connectivity index (χ0v) is 7.72. The van der Waals surface area contributed by atoms with Gasteiger partial charge in [0, 0.05) is 6.92 Å². The second-order valence-electron chi connectivity index (χ2n) is 2.81. The summed E-state index contributed by atoms with van der Waals surface area (Å²) in [7, 11) is 0. The van der Waals surface area contributed by atoms with E-state index < -0.39 is 0 Å². The van der Waals surface area contributed by atoms with Crippen molar-refractivity contribution in [1.82, 2.24) is 0 Å². The van der Waals surface area contributed by atoms with Crippen LogP contribution >= 0.6 is 0 Å². The number of esters is 1.